The molecule has 0 bridgehead atoms. The first-order valence-electron chi connectivity index (χ1n) is 5.17. The summed E-state index contributed by atoms with van der Waals surface area (Å²) in [6.45, 7) is 6.45. The molecule has 0 rings (SSSR count). The third-order valence-electron chi connectivity index (χ3n) is 0.511. The third kappa shape index (κ3) is 146. The Bertz CT molecular complexity index is 115. The molecular weight excluding hydrogens is 317 g/mol. The molecule has 6 heteroatoms. The summed E-state index contributed by atoms with van der Waals surface area (Å²) in [5, 5.41) is 22.7. The van der Waals surface area contributed by atoms with Crippen LogP contribution in [0.1, 0.15) is 27.2 Å². The topological polar surface area (TPSA) is 90.1 Å². The van der Waals surface area contributed by atoms with Crippen molar-refractivity contribution in [2.75, 3.05) is 26.4 Å². The van der Waals surface area contributed by atoms with Gasteiger partial charge >= 0.3 is 55.8 Å². The molecule has 5 nitrogen and oxygen atoms in total. The Morgan fingerprint density at radius 3 is 1.56 bits per heavy atom. The van der Waals surface area contributed by atoms with Crippen molar-refractivity contribution in [2.45, 2.75) is 31.6 Å². The molecule has 0 spiro atoms. The van der Waals surface area contributed by atoms with E-state index >= 15 is 0 Å². The van der Waals surface area contributed by atoms with Gasteiger partial charge < -0.3 is 15.3 Å². The van der Waals surface area contributed by atoms with Gasteiger partial charge in [-0.3, -0.25) is 0 Å². The molecule has 0 saturated heterocycles. The molecule has 0 aromatic rings. The van der Waals surface area contributed by atoms with E-state index < -0.39 is 0 Å². The molecule has 0 fully saturated rings. The second-order valence-electron chi connectivity index (χ2n) is 2.03. The maximum atomic E-state index is 9.40. The fraction of sp³-hybridized carbons (Fsp3) is 0.900. The van der Waals surface area contributed by atoms with E-state index in [1.165, 1.54) is 33.0 Å². The summed E-state index contributed by atoms with van der Waals surface area (Å²) < 4.78 is 1.18. The van der Waals surface area contributed by atoms with Crippen LogP contribution in [0.15, 0.2) is 4.99 Å². The molecule has 0 atom stereocenters. The van der Waals surface area contributed by atoms with Crippen molar-refractivity contribution in [1.29, 1.82) is 0 Å². The predicted molar refractivity (Wildman–Crippen MR) is 66.4 cm³/mol. The van der Waals surface area contributed by atoms with E-state index in [0.717, 1.165) is 6.42 Å². The van der Waals surface area contributed by atoms with Crippen molar-refractivity contribution >= 4 is 28.6 Å². The number of isocyanates is 1. The van der Waals surface area contributed by atoms with Crippen LogP contribution in [0.5, 0.6) is 0 Å². The van der Waals surface area contributed by atoms with Crippen LogP contribution in [0.4, 0.5) is 0 Å². The number of aliphatic imine (C=N–C) groups is 1. The maximum absolute atomic E-state index is 9.40. The third-order valence-corrected chi connectivity index (χ3v) is 1.52. The van der Waals surface area contributed by atoms with Gasteiger partial charge in [-0.1, -0.05) is 0 Å². The first kappa shape index (κ1) is 25.0. The number of carbonyl (C=O) groups excluding carboxylic acids is 1. The zero-order valence-electron chi connectivity index (χ0n) is 10.4. The zero-order valence-corrected chi connectivity index (χ0v) is 13.3. The van der Waals surface area contributed by atoms with Gasteiger partial charge in [0.25, 0.3) is 0 Å². The number of hydrogen-bond donors (Lipinski definition) is 3. The van der Waals surface area contributed by atoms with E-state index in [-0.39, 0.29) is 19.8 Å². The van der Waals surface area contributed by atoms with Gasteiger partial charge in [0.1, 0.15) is 0 Å². The number of aliphatic hydroxyl groups excluding tert-OH is 3. The Morgan fingerprint density at radius 1 is 1.06 bits per heavy atom. The number of aliphatic hydroxyl groups is 3. The molecule has 0 aliphatic heterocycles. The van der Waals surface area contributed by atoms with Gasteiger partial charge in [-0.15, -0.1) is 0 Å². The zero-order chi connectivity index (χ0) is 13.7. The SMILES string of the molecule is CCO.CCO.CCO.O=C=NCC[CH2][Sn]. The van der Waals surface area contributed by atoms with Crippen LogP contribution >= 0.6 is 0 Å². The van der Waals surface area contributed by atoms with Crippen molar-refractivity contribution in [3.63, 3.8) is 0 Å². The molecule has 0 aliphatic carbocycles. The predicted octanol–water partition coefficient (Wildman–Crippen LogP) is 0.295. The van der Waals surface area contributed by atoms with Crippen molar-refractivity contribution in [3.05, 3.63) is 0 Å². The normalized spacial score (nSPS) is 6.69. The minimum atomic E-state index is 0.250. The van der Waals surface area contributed by atoms with Gasteiger partial charge in [0.15, 0.2) is 0 Å². The molecule has 97 valence electrons. The summed E-state index contributed by atoms with van der Waals surface area (Å²) >= 11 is 1.51. The second-order valence-corrected chi connectivity index (χ2v) is 3.45. The first-order valence-corrected chi connectivity index (χ1v) is 7.19. The van der Waals surface area contributed by atoms with E-state index in [4.69, 9.17) is 15.3 Å². The van der Waals surface area contributed by atoms with Gasteiger partial charge in [0.05, 0.1) is 0 Å². The molecule has 0 aromatic carbocycles. The van der Waals surface area contributed by atoms with E-state index in [9.17, 15) is 4.79 Å². The molecule has 0 heterocycles. The minimum absolute atomic E-state index is 0.250. The first-order chi connectivity index (χ1) is 7.66. The van der Waals surface area contributed by atoms with Crippen molar-refractivity contribution in [1.82, 2.24) is 0 Å². The van der Waals surface area contributed by atoms with Crippen LogP contribution in [-0.4, -0.2) is 70.3 Å². The van der Waals surface area contributed by atoms with Gasteiger partial charge in [0, 0.05) is 19.8 Å². The fourth-order valence-corrected chi connectivity index (χ4v) is 0.655. The van der Waals surface area contributed by atoms with E-state index in [0.29, 0.717) is 6.54 Å². The van der Waals surface area contributed by atoms with Crippen LogP contribution in [0.3, 0.4) is 0 Å². The number of hydrogen-bond acceptors (Lipinski definition) is 5. The Labute approximate surface area is 112 Å². The molecule has 0 aromatic heterocycles. The molecule has 3 N–H and O–H groups in total. The Kier molecular flexibility index (Phi) is 71.7. The number of nitrogens with zero attached hydrogens (tertiary/aromatic N) is 1. The standard InChI is InChI=1S/C4H6NO.3C2H6O.Sn/c1-2-3-5-4-6;3*1-2-3;/h1-3H2;3*3H,2H2,1H3;. The van der Waals surface area contributed by atoms with Crippen molar-refractivity contribution < 1.29 is 20.1 Å². The van der Waals surface area contributed by atoms with Crippen LogP contribution in [0.25, 0.3) is 0 Å². The van der Waals surface area contributed by atoms with Gasteiger partial charge in [-0.25, -0.2) is 0 Å². The van der Waals surface area contributed by atoms with Gasteiger partial charge in [-0.05, 0) is 20.8 Å². The van der Waals surface area contributed by atoms with Gasteiger partial charge in [0.2, 0.25) is 0 Å². The van der Waals surface area contributed by atoms with Crippen LogP contribution in [0.2, 0.25) is 4.44 Å². The quantitative estimate of drug-likeness (QED) is 0.298. The Hall–Kier alpha value is 0.0587. The Morgan fingerprint density at radius 2 is 1.38 bits per heavy atom. The summed E-state index contributed by atoms with van der Waals surface area (Å²) in [7, 11) is 0. The molecule has 3 radical (unpaired) electrons. The van der Waals surface area contributed by atoms with E-state index in [1.807, 2.05) is 0 Å². The second kappa shape index (κ2) is 45.8. The molecular formula is C10H24NO4Sn. The number of rotatable bonds is 3. The molecule has 0 aliphatic rings. The van der Waals surface area contributed by atoms with Crippen molar-refractivity contribution in [2.24, 2.45) is 4.99 Å². The summed E-state index contributed by atoms with van der Waals surface area (Å²) in [5.74, 6) is 0. The van der Waals surface area contributed by atoms with Crippen molar-refractivity contribution in [3.8, 4) is 0 Å². The molecule has 16 heavy (non-hydrogen) atoms. The summed E-state index contributed by atoms with van der Waals surface area (Å²) in [6.07, 6.45) is 2.52. The Balaban J connectivity index is -0.0000000677. The summed E-state index contributed by atoms with van der Waals surface area (Å²) in [6, 6.07) is 0. The van der Waals surface area contributed by atoms with E-state index in [1.54, 1.807) is 20.8 Å². The van der Waals surface area contributed by atoms with E-state index in [2.05, 4.69) is 4.99 Å². The average molecular weight is 341 g/mol. The van der Waals surface area contributed by atoms with Crippen LogP contribution in [0, 0.1) is 0 Å². The van der Waals surface area contributed by atoms with Crippen LogP contribution in [-0.2, 0) is 4.79 Å². The monoisotopic (exact) mass is 342 g/mol. The summed E-state index contributed by atoms with van der Waals surface area (Å²) in [5.41, 5.74) is 0. The van der Waals surface area contributed by atoms with Gasteiger partial charge in [-0.2, -0.15) is 0 Å². The fourth-order valence-electron chi connectivity index (χ4n) is 0.204. The molecule has 0 saturated carbocycles. The summed E-state index contributed by atoms with van der Waals surface area (Å²) in [4.78, 5) is 12.8. The average Bonchev–Trinajstić information content (AvgIpc) is 2.22. The molecule has 0 amide bonds. The molecule has 0 unspecified atom stereocenters. The van der Waals surface area contributed by atoms with Crippen LogP contribution < -0.4 is 0 Å².